The van der Waals surface area contributed by atoms with Crippen LogP contribution in [0.15, 0.2) is 0 Å². The summed E-state index contributed by atoms with van der Waals surface area (Å²) in [5.41, 5.74) is 5.66. The van der Waals surface area contributed by atoms with Crippen LogP contribution in [0.3, 0.4) is 0 Å². The van der Waals surface area contributed by atoms with Gasteiger partial charge in [-0.3, -0.25) is 4.79 Å². The van der Waals surface area contributed by atoms with Gasteiger partial charge in [-0.15, -0.1) is 0 Å². The zero-order valence-corrected chi connectivity index (χ0v) is 13.2. The molecule has 0 spiro atoms. The first kappa shape index (κ1) is 15.8. The summed E-state index contributed by atoms with van der Waals surface area (Å²) in [6.07, 6.45) is 6.60. The number of nitrogens with zero attached hydrogens (tertiary/aromatic N) is 1. The van der Waals surface area contributed by atoms with E-state index in [2.05, 4.69) is 24.2 Å². The third-order valence-electron chi connectivity index (χ3n) is 5.49. The van der Waals surface area contributed by atoms with Gasteiger partial charge in [0.25, 0.3) is 0 Å². The number of rotatable bonds is 4. The summed E-state index contributed by atoms with van der Waals surface area (Å²) in [5.74, 6) is 1.61. The van der Waals surface area contributed by atoms with Crippen LogP contribution in [0.2, 0.25) is 0 Å². The molecule has 0 atom stereocenters. The fraction of sp³-hybridized carbons (Fsp3) is 0.938. The molecule has 4 nitrogen and oxygen atoms in total. The van der Waals surface area contributed by atoms with E-state index in [1.807, 2.05) is 0 Å². The van der Waals surface area contributed by atoms with Crippen LogP contribution in [-0.2, 0) is 4.79 Å². The minimum atomic E-state index is -0.280. The number of piperidine rings is 1. The average Bonchev–Trinajstić information content (AvgIpc) is 2.47. The molecule has 1 aliphatic carbocycles. The summed E-state index contributed by atoms with van der Waals surface area (Å²) < 4.78 is 0. The summed E-state index contributed by atoms with van der Waals surface area (Å²) in [4.78, 5) is 14.9. The van der Waals surface area contributed by atoms with Gasteiger partial charge < -0.3 is 16.0 Å². The van der Waals surface area contributed by atoms with Crippen molar-refractivity contribution in [3.05, 3.63) is 0 Å². The van der Waals surface area contributed by atoms with Crippen LogP contribution < -0.4 is 11.1 Å². The molecule has 0 bridgehead atoms. The van der Waals surface area contributed by atoms with Crippen molar-refractivity contribution in [2.45, 2.75) is 45.4 Å². The quantitative estimate of drug-likeness (QED) is 0.823. The molecule has 1 saturated carbocycles. The highest BCUT2D eigenvalue weighted by atomic mass is 16.2. The van der Waals surface area contributed by atoms with Crippen LogP contribution in [0.1, 0.15) is 45.4 Å². The van der Waals surface area contributed by atoms with Gasteiger partial charge in [0.1, 0.15) is 0 Å². The number of hydrogen-bond donors (Lipinski definition) is 2. The molecule has 0 aromatic heterocycles. The Balaban J connectivity index is 1.81. The molecule has 1 aliphatic heterocycles. The van der Waals surface area contributed by atoms with E-state index < -0.39 is 0 Å². The van der Waals surface area contributed by atoms with E-state index in [-0.39, 0.29) is 11.3 Å². The predicted molar refractivity (Wildman–Crippen MR) is 82.4 cm³/mol. The Hall–Kier alpha value is -0.610. The standard InChI is InChI=1S/C16H31N3O/c1-13-3-7-16(12-17,8-4-13)15(20)18-11-14-5-9-19(2)10-6-14/h13-14H,3-12,17H2,1-2H3,(H,18,20). The third kappa shape index (κ3) is 3.73. The number of likely N-dealkylation sites (tertiary alicyclic amines) is 1. The lowest BCUT2D eigenvalue weighted by Gasteiger charge is -2.38. The molecule has 0 aromatic carbocycles. The number of carbonyl (C=O) groups excluding carboxylic acids is 1. The lowest BCUT2D eigenvalue weighted by Crippen LogP contribution is -2.49. The van der Waals surface area contributed by atoms with Crippen molar-refractivity contribution >= 4 is 5.91 Å². The van der Waals surface area contributed by atoms with Gasteiger partial charge >= 0.3 is 0 Å². The zero-order chi connectivity index (χ0) is 14.6. The maximum absolute atomic E-state index is 12.6. The van der Waals surface area contributed by atoms with E-state index in [4.69, 9.17) is 5.73 Å². The van der Waals surface area contributed by atoms with Crippen LogP contribution in [0.25, 0.3) is 0 Å². The Kier molecular flexibility index (Phi) is 5.44. The van der Waals surface area contributed by atoms with E-state index >= 15 is 0 Å². The van der Waals surface area contributed by atoms with Gasteiger partial charge in [-0.05, 0) is 70.5 Å². The van der Waals surface area contributed by atoms with Gasteiger partial charge in [0.2, 0.25) is 5.91 Å². The molecule has 1 saturated heterocycles. The first-order valence-corrected chi connectivity index (χ1v) is 8.22. The van der Waals surface area contributed by atoms with Gasteiger partial charge in [0.15, 0.2) is 0 Å². The molecule has 1 amide bonds. The van der Waals surface area contributed by atoms with Crippen molar-refractivity contribution in [3.63, 3.8) is 0 Å². The Morgan fingerprint density at radius 1 is 1.25 bits per heavy atom. The van der Waals surface area contributed by atoms with Crippen molar-refractivity contribution in [1.82, 2.24) is 10.2 Å². The second-order valence-electron chi connectivity index (χ2n) is 7.12. The zero-order valence-electron chi connectivity index (χ0n) is 13.2. The molecule has 0 aromatic rings. The van der Waals surface area contributed by atoms with Gasteiger partial charge in [-0.2, -0.15) is 0 Å². The van der Waals surface area contributed by atoms with Gasteiger partial charge in [-0.1, -0.05) is 6.92 Å². The lowest BCUT2D eigenvalue weighted by molar-refractivity contribution is -0.133. The van der Waals surface area contributed by atoms with Crippen molar-refractivity contribution in [2.24, 2.45) is 23.0 Å². The lowest BCUT2D eigenvalue weighted by atomic mass is 9.70. The van der Waals surface area contributed by atoms with E-state index in [0.29, 0.717) is 12.5 Å². The molecule has 2 aliphatic rings. The fourth-order valence-corrected chi connectivity index (χ4v) is 3.53. The normalized spacial score (nSPS) is 33.0. The van der Waals surface area contributed by atoms with E-state index in [1.165, 1.54) is 12.8 Å². The Morgan fingerprint density at radius 2 is 1.85 bits per heavy atom. The molecular weight excluding hydrogens is 250 g/mol. The maximum atomic E-state index is 12.6. The number of carbonyl (C=O) groups is 1. The number of hydrogen-bond acceptors (Lipinski definition) is 3. The Labute approximate surface area is 123 Å². The first-order valence-electron chi connectivity index (χ1n) is 8.22. The number of nitrogens with two attached hydrogens (primary N) is 1. The van der Waals surface area contributed by atoms with Crippen LogP contribution in [-0.4, -0.2) is 44.0 Å². The Bertz CT molecular complexity index is 316. The summed E-state index contributed by atoms with van der Waals surface area (Å²) in [7, 11) is 2.17. The monoisotopic (exact) mass is 281 g/mol. The molecule has 20 heavy (non-hydrogen) atoms. The molecular formula is C16H31N3O. The molecule has 4 heteroatoms. The number of nitrogens with one attached hydrogen (secondary N) is 1. The largest absolute Gasteiger partial charge is 0.355 e. The first-order chi connectivity index (χ1) is 9.55. The summed E-state index contributed by atoms with van der Waals surface area (Å²) in [6, 6.07) is 0. The highest BCUT2D eigenvalue weighted by molar-refractivity contribution is 5.83. The minimum absolute atomic E-state index is 0.214. The maximum Gasteiger partial charge on any atom is 0.227 e. The summed E-state index contributed by atoms with van der Waals surface area (Å²) in [6.45, 7) is 5.92. The third-order valence-corrected chi connectivity index (χ3v) is 5.49. The van der Waals surface area contributed by atoms with Crippen LogP contribution in [0.4, 0.5) is 0 Å². The predicted octanol–water partition coefficient (Wildman–Crippen LogP) is 1.60. The highest BCUT2D eigenvalue weighted by Crippen LogP contribution is 2.38. The van der Waals surface area contributed by atoms with Gasteiger partial charge in [0.05, 0.1) is 5.41 Å². The minimum Gasteiger partial charge on any atom is -0.355 e. The van der Waals surface area contributed by atoms with E-state index in [1.54, 1.807) is 0 Å². The SMILES string of the molecule is CC1CCC(CN)(C(=O)NCC2CCN(C)CC2)CC1. The highest BCUT2D eigenvalue weighted by Gasteiger charge is 2.39. The Morgan fingerprint density at radius 3 is 2.40 bits per heavy atom. The van der Waals surface area contributed by atoms with Crippen molar-refractivity contribution in [2.75, 3.05) is 33.2 Å². The van der Waals surface area contributed by atoms with Gasteiger partial charge in [0, 0.05) is 13.1 Å². The van der Waals surface area contributed by atoms with Crippen LogP contribution in [0.5, 0.6) is 0 Å². The van der Waals surface area contributed by atoms with E-state index in [9.17, 15) is 4.79 Å². The molecule has 116 valence electrons. The molecule has 3 N–H and O–H groups in total. The summed E-state index contributed by atoms with van der Waals surface area (Å²) >= 11 is 0. The second kappa shape index (κ2) is 6.90. The second-order valence-corrected chi connectivity index (χ2v) is 7.12. The van der Waals surface area contributed by atoms with Crippen LogP contribution in [0, 0.1) is 17.3 Å². The average molecular weight is 281 g/mol. The molecule has 2 rings (SSSR count). The van der Waals surface area contributed by atoms with Crippen molar-refractivity contribution in [3.8, 4) is 0 Å². The van der Waals surface area contributed by atoms with Gasteiger partial charge in [-0.25, -0.2) is 0 Å². The smallest absolute Gasteiger partial charge is 0.227 e. The fourth-order valence-electron chi connectivity index (χ4n) is 3.53. The number of amides is 1. The van der Waals surface area contributed by atoms with Crippen LogP contribution >= 0.6 is 0 Å². The molecule has 2 fully saturated rings. The molecule has 1 heterocycles. The van der Waals surface area contributed by atoms with Crippen molar-refractivity contribution < 1.29 is 4.79 Å². The molecule has 0 radical (unpaired) electrons. The topological polar surface area (TPSA) is 58.4 Å². The summed E-state index contributed by atoms with van der Waals surface area (Å²) in [5, 5.41) is 3.21. The van der Waals surface area contributed by atoms with Crippen molar-refractivity contribution in [1.29, 1.82) is 0 Å². The molecule has 0 unspecified atom stereocenters. The van der Waals surface area contributed by atoms with E-state index in [0.717, 1.165) is 51.2 Å².